The van der Waals surface area contributed by atoms with Crippen molar-refractivity contribution in [1.82, 2.24) is 4.90 Å². The van der Waals surface area contributed by atoms with E-state index >= 15 is 0 Å². The van der Waals surface area contributed by atoms with Gasteiger partial charge in [0.1, 0.15) is 23.9 Å². The summed E-state index contributed by atoms with van der Waals surface area (Å²) < 4.78 is 24.8. The molecule has 0 radical (unpaired) electrons. The average molecular weight is 389 g/mol. The van der Waals surface area contributed by atoms with Gasteiger partial charge in [0.15, 0.2) is 0 Å². The van der Waals surface area contributed by atoms with Gasteiger partial charge < -0.3 is 9.15 Å². The lowest BCUT2D eigenvalue weighted by Gasteiger charge is -2.30. The highest BCUT2D eigenvalue weighted by molar-refractivity contribution is 6.06. The number of ether oxygens (including phenoxy) is 1. The van der Waals surface area contributed by atoms with Gasteiger partial charge >= 0.3 is 5.63 Å². The van der Waals surface area contributed by atoms with Crippen LogP contribution in [0.15, 0.2) is 63.8 Å². The Morgan fingerprint density at radius 3 is 2.59 bits per heavy atom. The number of aryl methyl sites for hydroxylation is 1. The minimum absolute atomic E-state index is 0.217. The van der Waals surface area contributed by atoms with Gasteiger partial charge in [-0.3, -0.25) is 4.90 Å². The van der Waals surface area contributed by atoms with Gasteiger partial charge in [-0.15, -0.1) is 0 Å². The predicted molar refractivity (Wildman–Crippen MR) is 111 cm³/mol. The number of hydrogen-bond donors (Lipinski definition) is 0. The van der Waals surface area contributed by atoms with Crippen LogP contribution >= 0.6 is 0 Å². The zero-order valence-corrected chi connectivity index (χ0v) is 16.1. The minimum Gasteiger partial charge on any atom is -0.477 e. The smallest absolute Gasteiger partial charge is 0.344 e. The van der Waals surface area contributed by atoms with Gasteiger partial charge in [0, 0.05) is 29.6 Å². The molecule has 0 saturated heterocycles. The van der Waals surface area contributed by atoms with Crippen molar-refractivity contribution in [1.29, 1.82) is 0 Å². The third-order valence-corrected chi connectivity index (χ3v) is 5.58. The molecule has 4 nitrogen and oxygen atoms in total. The first kappa shape index (κ1) is 17.9. The molecule has 1 aliphatic rings. The van der Waals surface area contributed by atoms with E-state index in [9.17, 15) is 9.18 Å². The van der Waals surface area contributed by atoms with Crippen molar-refractivity contribution in [3.63, 3.8) is 0 Å². The number of rotatable bonds is 3. The van der Waals surface area contributed by atoms with Crippen molar-refractivity contribution >= 4 is 21.7 Å². The standard InChI is InChI=1S/C24H20FNO3/c1-15-22-17(12-21-19-4-2-3-5-20(19)24(27)29-23(15)21)13-26(14-28-22)11-10-16-6-8-18(25)9-7-16/h2-9,12H,10-11,13-14H2,1H3. The monoisotopic (exact) mass is 389 g/mol. The topological polar surface area (TPSA) is 42.7 Å². The van der Waals surface area contributed by atoms with Crippen LogP contribution in [0, 0.1) is 12.7 Å². The van der Waals surface area contributed by atoms with E-state index in [1.807, 2.05) is 37.3 Å². The average Bonchev–Trinajstić information content (AvgIpc) is 2.74. The van der Waals surface area contributed by atoms with Crippen molar-refractivity contribution in [2.45, 2.75) is 19.9 Å². The fourth-order valence-corrected chi connectivity index (χ4v) is 4.07. The summed E-state index contributed by atoms with van der Waals surface area (Å²) in [7, 11) is 0. The first-order valence-electron chi connectivity index (χ1n) is 9.68. The third kappa shape index (κ3) is 3.17. The molecule has 0 bridgehead atoms. The fourth-order valence-electron chi connectivity index (χ4n) is 4.07. The Bertz CT molecular complexity index is 1280. The first-order chi connectivity index (χ1) is 14.1. The maximum Gasteiger partial charge on any atom is 0.344 e. The molecule has 0 unspecified atom stereocenters. The maximum absolute atomic E-state index is 13.1. The summed E-state index contributed by atoms with van der Waals surface area (Å²) in [5.41, 5.74) is 3.30. The second kappa shape index (κ2) is 7.01. The van der Waals surface area contributed by atoms with Crippen LogP contribution < -0.4 is 10.4 Å². The van der Waals surface area contributed by atoms with Gasteiger partial charge in [0.2, 0.25) is 0 Å². The summed E-state index contributed by atoms with van der Waals surface area (Å²) in [6, 6.07) is 16.2. The highest BCUT2D eigenvalue weighted by Crippen LogP contribution is 2.36. The first-order valence-corrected chi connectivity index (χ1v) is 9.68. The molecule has 4 aromatic rings. The molecular weight excluding hydrogens is 369 g/mol. The molecule has 0 spiro atoms. The van der Waals surface area contributed by atoms with E-state index in [1.165, 1.54) is 12.1 Å². The van der Waals surface area contributed by atoms with Crippen molar-refractivity contribution in [3.05, 3.63) is 87.5 Å². The van der Waals surface area contributed by atoms with Crippen LogP contribution in [0.25, 0.3) is 21.7 Å². The van der Waals surface area contributed by atoms with Crippen LogP contribution in [0.1, 0.15) is 16.7 Å². The molecule has 1 aliphatic heterocycles. The SMILES string of the molecule is Cc1c2c(cc3c1oc(=O)c1ccccc13)CN(CCc1ccc(F)cc1)CO2. The Morgan fingerprint density at radius 2 is 1.79 bits per heavy atom. The van der Waals surface area contributed by atoms with E-state index in [1.54, 1.807) is 6.07 Å². The van der Waals surface area contributed by atoms with Gasteiger partial charge in [-0.2, -0.15) is 0 Å². The molecule has 5 rings (SSSR count). The second-order valence-electron chi connectivity index (χ2n) is 7.50. The molecule has 0 saturated carbocycles. The van der Waals surface area contributed by atoms with E-state index in [2.05, 4.69) is 11.0 Å². The highest BCUT2D eigenvalue weighted by Gasteiger charge is 2.23. The minimum atomic E-state index is -0.326. The van der Waals surface area contributed by atoms with Gasteiger partial charge in [0.25, 0.3) is 0 Å². The van der Waals surface area contributed by atoms with E-state index in [4.69, 9.17) is 9.15 Å². The number of halogens is 1. The zero-order chi connectivity index (χ0) is 20.0. The summed E-state index contributed by atoms with van der Waals surface area (Å²) in [5.74, 6) is 0.583. The van der Waals surface area contributed by atoms with E-state index in [-0.39, 0.29) is 11.4 Å². The van der Waals surface area contributed by atoms with Crippen LogP contribution in [-0.4, -0.2) is 18.2 Å². The molecule has 1 aromatic heterocycles. The summed E-state index contributed by atoms with van der Waals surface area (Å²) >= 11 is 0. The lowest BCUT2D eigenvalue weighted by molar-refractivity contribution is 0.0959. The lowest BCUT2D eigenvalue weighted by Crippen LogP contribution is -2.34. The summed E-state index contributed by atoms with van der Waals surface area (Å²) in [5, 5.41) is 2.41. The molecule has 2 heterocycles. The maximum atomic E-state index is 13.1. The zero-order valence-electron chi connectivity index (χ0n) is 16.1. The van der Waals surface area contributed by atoms with Gasteiger partial charge in [-0.25, -0.2) is 9.18 Å². The predicted octanol–water partition coefficient (Wildman–Crippen LogP) is 4.79. The quantitative estimate of drug-likeness (QED) is 0.373. The molecular formula is C24H20FNO3. The Morgan fingerprint density at radius 1 is 1.03 bits per heavy atom. The van der Waals surface area contributed by atoms with E-state index in [0.29, 0.717) is 17.7 Å². The summed E-state index contributed by atoms with van der Waals surface area (Å²) in [4.78, 5) is 14.6. The van der Waals surface area contributed by atoms with Crippen LogP contribution in [0.4, 0.5) is 4.39 Å². The van der Waals surface area contributed by atoms with Gasteiger partial charge in [-0.1, -0.05) is 30.3 Å². The molecule has 3 aromatic carbocycles. The van der Waals surface area contributed by atoms with Crippen molar-refractivity contribution < 1.29 is 13.5 Å². The molecule has 29 heavy (non-hydrogen) atoms. The Labute approximate surface area is 167 Å². The number of benzene rings is 3. The van der Waals surface area contributed by atoms with Crippen LogP contribution in [0.2, 0.25) is 0 Å². The van der Waals surface area contributed by atoms with Crippen molar-refractivity contribution in [3.8, 4) is 5.75 Å². The Hall–Kier alpha value is -3.18. The fraction of sp³-hybridized carbons (Fsp3) is 0.208. The molecule has 0 atom stereocenters. The molecule has 0 amide bonds. The summed E-state index contributed by atoms with van der Waals surface area (Å²) in [6.07, 6.45) is 0.823. The molecule has 0 N–H and O–H groups in total. The number of hydrogen-bond acceptors (Lipinski definition) is 4. The number of fused-ring (bicyclic) bond motifs is 4. The molecule has 146 valence electrons. The van der Waals surface area contributed by atoms with Gasteiger partial charge in [0.05, 0.1) is 5.39 Å². The Kier molecular flexibility index (Phi) is 4.32. The van der Waals surface area contributed by atoms with Crippen molar-refractivity contribution in [2.24, 2.45) is 0 Å². The van der Waals surface area contributed by atoms with Crippen molar-refractivity contribution in [2.75, 3.05) is 13.3 Å². The van der Waals surface area contributed by atoms with Gasteiger partial charge in [-0.05, 0) is 48.6 Å². The Balaban J connectivity index is 1.49. The molecule has 0 fully saturated rings. The number of nitrogens with zero attached hydrogens (tertiary/aromatic N) is 1. The van der Waals surface area contributed by atoms with E-state index in [0.717, 1.165) is 52.7 Å². The third-order valence-electron chi connectivity index (χ3n) is 5.58. The highest BCUT2D eigenvalue weighted by atomic mass is 19.1. The largest absolute Gasteiger partial charge is 0.477 e. The summed E-state index contributed by atoms with van der Waals surface area (Å²) in [6.45, 7) is 3.97. The molecule has 0 aliphatic carbocycles. The van der Waals surface area contributed by atoms with Crippen LogP contribution in [0.5, 0.6) is 5.75 Å². The second-order valence-corrected chi connectivity index (χ2v) is 7.50. The normalized spacial score (nSPS) is 14.1. The van der Waals surface area contributed by atoms with Crippen LogP contribution in [0.3, 0.4) is 0 Å². The van der Waals surface area contributed by atoms with E-state index < -0.39 is 0 Å². The lowest BCUT2D eigenvalue weighted by atomic mass is 10.00. The van der Waals surface area contributed by atoms with Crippen LogP contribution in [-0.2, 0) is 13.0 Å². The molecule has 5 heteroatoms.